The Morgan fingerprint density at radius 1 is 1.07 bits per heavy atom. The fourth-order valence-electron chi connectivity index (χ4n) is 2.60. The number of nitro groups is 2. The van der Waals surface area contributed by atoms with Crippen LogP contribution in [-0.2, 0) is 0 Å². The Morgan fingerprint density at radius 3 is 2.50 bits per heavy atom. The number of hydrogen-bond acceptors (Lipinski definition) is 6. The molecule has 1 aromatic heterocycles. The lowest BCUT2D eigenvalue weighted by Crippen LogP contribution is -2.12. The summed E-state index contributed by atoms with van der Waals surface area (Å²) in [6, 6.07) is 10.9. The molecule has 142 valence electrons. The summed E-state index contributed by atoms with van der Waals surface area (Å²) in [6.07, 6.45) is 0. The van der Waals surface area contributed by atoms with Gasteiger partial charge >= 0.3 is 0 Å². The smallest absolute Gasteiger partial charge is 0.281 e. The number of non-ortho nitro benzene ring substituents is 1. The second-order valence-electron chi connectivity index (χ2n) is 5.76. The largest absolute Gasteiger partial charge is 0.460 e. The van der Waals surface area contributed by atoms with Crippen molar-refractivity contribution in [2.45, 2.75) is 6.92 Å². The monoisotopic (exact) mass is 401 g/mol. The molecule has 0 aliphatic heterocycles. The predicted octanol–water partition coefficient (Wildman–Crippen LogP) is 4.98. The number of carbonyl (C=O) groups is 1. The minimum absolute atomic E-state index is 0.130. The van der Waals surface area contributed by atoms with Crippen LogP contribution in [0, 0.1) is 27.2 Å². The highest BCUT2D eigenvalue weighted by atomic mass is 35.5. The van der Waals surface area contributed by atoms with Crippen molar-refractivity contribution < 1.29 is 19.1 Å². The predicted molar refractivity (Wildman–Crippen MR) is 102 cm³/mol. The summed E-state index contributed by atoms with van der Waals surface area (Å²) in [6.45, 7) is 1.54. The second-order valence-corrected chi connectivity index (χ2v) is 6.20. The van der Waals surface area contributed by atoms with Gasteiger partial charge < -0.3 is 9.73 Å². The zero-order valence-corrected chi connectivity index (χ0v) is 15.1. The average Bonchev–Trinajstić information content (AvgIpc) is 3.03. The van der Waals surface area contributed by atoms with Crippen LogP contribution in [-0.4, -0.2) is 15.8 Å². The number of anilines is 1. The third kappa shape index (κ3) is 3.84. The molecular formula is C18H12ClN3O6. The standard InChI is InChI=1S/C18H12ClN3O6/c1-10-15(18(23)20-12-3-2-4-13(8-12)21(24)25)9-17(28-10)14-6-5-11(19)7-16(14)22(26)27/h2-9H,1H3,(H,20,23). The highest BCUT2D eigenvalue weighted by molar-refractivity contribution is 6.30. The fourth-order valence-corrected chi connectivity index (χ4v) is 2.77. The van der Waals surface area contributed by atoms with E-state index in [1.807, 2.05) is 0 Å². The van der Waals surface area contributed by atoms with Crippen LogP contribution in [0.4, 0.5) is 17.1 Å². The van der Waals surface area contributed by atoms with Crippen molar-refractivity contribution >= 4 is 34.6 Å². The van der Waals surface area contributed by atoms with Crippen molar-refractivity contribution in [2.75, 3.05) is 5.32 Å². The topological polar surface area (TPSA) is 129 Å². The van der Waals surface area contributed by atoms with Gasteiger partial charge in [0.25, 0.3) is 17.3 Å². The van der Waals surface area contributed by atoms with Gasteiger partial charge in [-0.1, -0.05) is 17.7 Å². The maximum atomic E-state index is 12.5. The van der Waals surface area contributed by atoms with Crippen molar-refractivity contribution in [3.05, 3.63) is 85.1 Å². The van der Waals surface area contributed by atoms with Crippen LogP contribution in [0.3, 0.4) is 0 Å². The fraction of sp³-hybridized carbons (Fsp3) is 0.0556. The van der Waals surface area contributed by atoms with Crippen LogP contribution in [0.2, 0.25) is 5.02 Å². The Morgan fingerprint density at radius 2 is 1.82 bits per heavy atom. The molecule has 9 nitrogen and oxygen atoms in total. The first-order valence-electron chi connectivity index (χ1n) is 7.87. The lowest BCUT2D eigenvalue weighted by Gasteiger charge is -2.03. The summed E-state index contributed by atoms with van der Waals surface area (Å²) in [4.78, 5) is 33.5. The molecule has 3 aromatic rings. The van der Waals surface area contributed by atoms with Gasteiger partial charge in [0.2, 0.25) is 0 Å². The molecule has 0 radical (unpaired) electrons. The Bertz CT molecular complexity index is 1110. The number of nitrogens with one attached hydrogen (secondary N) is 1. The molecule has 2 aromatic carbocycles. The summed E-state index contributed by atoms with van der Waals surface area (Å²) in [5.41, 5.74) is 0.127. The number of amides is 1. The maximum Gasteiger partial charge on any atom is 0.281 e. The molecule has 10 heteroatoms. The SMILES string of the molecule is Cc1oc(-c2ccc(Cl)cc2[N+](=O)[O-])cc1C(=O)Nc1cccc([N+](=O)[O-])c1. The molecule has 0 saturated carbocycles. The van der Waals surface area contributed by atoms with Crippen molar-refractivity contribution in [2.24, 2.45) is 0 Å². The Hall–Kier alpha value is -3.72. The second kappa shape index (κ2) is 7.49. The highest BCUT2D eigenvalue weighted by Gasteiger charge is 2.22. The summed E-state index contributed by atoms with van der Waals surface area (Å²) in [5, 5.41) is 24.9. The van der Waals surface area contributed by atoms with Crippen LogP contribution in [0.15, 0.2) is 52.9 Å². The molecule has 1 amide bonds. The quantitative estimate of drug-likeness (QED) is 0.474. The third-order valence-corrected chi connectivity index (χ3v) is 4.13. The molecule has 1 heterocycles. The molecule has 0 fully saturated rings. The van der Waals surface area contributed by atoms with E-state index in [2.05, 4.69) is 5.32 Å². The number of carbonyl (C=O) groups excluding carboxylic acids is 1. The molecule has 0 saturated heterocycles. The summed E-state index contributed by atoms with van der Waals surface area (Å²) < 4.78 is 5.54. The molecular weight excluding hydrogens is 390 g/mol. The number of benzene rings is 2. The van der Waals surface area contributed by atoms with Crippen LogP contribution >= 0.6 is 11.6 Å². The Labute approximate surface area is 162 Å². The molecule has 3 rings (SSSR count). The van der Waals surface area contributed by atoms with Crippen molar-refractivity contribution in [1.82, 2.24) is 0 Å². The van der Waals surface area contributed by atoms with E-state index in [9.17, 15) is 25.0 Å². The zero-order chi connectivity index (χ0) is 20.4. The third-order valence-electron chi connectivity index (χ3n) is 3.90. The van der Waals surface area contributed by atoms with Crippen molar-refractivity contribution in [3.8, 4) is 11.3 Å². The van der Waals surface area contributed by atoms with E-state index >= 15 is 0 Å². The first-order chi connectivity index (χ1) is 13.3. The van der Waals surface area contributed by atoms with E-state index in [1.54, 1.807) is 0 Å². The molecule has 0 aliphatic rings. The minimum Gasteiger partial charge on any atom is -0.460 e. The number of nitrogens with zero attached hydrogens (tertiary/aromatic N) is 2. The number of aryl methyl sites for hydroxylation is 1. The molecule has 0 atom stereocenters. The number of halogens is 1. The summed E-state index contributed by atoms with van der Waals surface area (Å²) in [7, 11) is 0. The summed E-state index contributed by atoms with van der Waals surface area (Å²) in [5.74, 6) is -0.197. The Kier molecular flexibility index (Phi) is 5.10. The lowest BCUT2D eigenvalue weighted by atomic mass is 10.1. The molecule has 1 N–H and O–H groups in total. The molecule has 0 spiro atoms. The van der Waals surface area contributed by atoms with E-state index < -0.39 is 15.8 Å². The number of hydrogen-bond donors (Lipinski definition) is 1. The van der Waals surface area contributed by atoms with Gasteiger partial charge in [-0.2, -0.15) is 0 Å². The van der Waals surface area contributed by atoms with Gasteiger partial charge in [0.05, 0.1) is 21.0 Å². The van der Waals surface area contributed by atoms with Gasteiger partial charge in [-0.25, -0.2) is 0 Å². The van der Waals surface area contributed by atoms with Gasteiger partial charge in [-0.15, -0.1) is 0 Å². The zero-order valence-electron chi connectivity index (χ0n) is 14.3. The van der Waals surface area contributed by atoms with Gasteiger partial charge in [-0.05, 0) is 31.2 Å². The summed E-state index contributed by atoms with van der Waals surface area (Å²) >= 11 is 5.81. The first-order valence-corrected chi connectivity index (χ1v) is 8.24. The number of nitro benzene ring substituents is 2. The minimum atomic E-state index is -0.595. The lowest BCUT2D eigenvalue weighted by molar-refractivity contribution is -0.384. The van der Waals surface area contributed by atoms with Crippen LogP contribution in [0.1, 0.15) is 16.1 Å². The first kappa shape index (κ1) is 19.1. The highest BCUT2D eigenvalue weighted by Crippen LogP contribution is 2.34. The maximum absolute atomic E-state index is 12.5. The van der Waals surface area contributed by atoms with E-state index in [0.717, 1.165) is 0 Å². The van der Waals surface area contributed by atoms with Gasteiger partial charge in [-0.3, -0.25) is 25.0 Å². The molecule has 0 unspecified atom stereocenters. The Balaban J connectivity index is 1.93. The van der Waals surface area contributed by atoms with Crippen LogP contribution in [0.5, 0.6) is 0 Å². The average molecular weight is 402 g/mol. The number of rotatable bonds is 5. The van der Waals surface area contributed by atoms with E-state index in [-0.39, 0.29) is 44.7 Å². The normalized spacial score (nSPS) is 10.5. The van der Waals surface area contributed by atoms with Gasteiger partial charge in [0, 0.05) is 28.9 Å². The van der Waals surface area contributed by atoms with E-state index in [0.29, 0.717) is 0 Å². The van der Waals surface area contributed by atoms with E-state index in [4.69, 9.17) is 16.0 Å². The molecule has 0 aliphatic carbocycles. The van der Waals surface area contributed by atoms with Crippen molar-refractivity contribution in [3.63, 3.8) is 0 Å². The van der Waals surface area contributed by atoms with Gasteiger partial charge in [0.15, 0.2) is 0 Å². The van der Waals surface area contributed by atoms with Crippen molar-refractivity contribution in [1.29, 1.82) is 0 Å². The molecule has 28 heavy (non-hydrogen) atoms. The molecule has 0 bridgehead atoms. The van der Waals surface area contributed by atoms with Gasteiger partial charge in [0.1, 0.15) is 11.5 Å². The van der Waals surface area contributed by atoms with E-state index in [1.165, 1.54) is 55.5 Å². The number of furan rings is 1. The van der Waals surface area contributed by atoms with Crippen LogP contribution in [0.25, 0.3) is 11.3 Å². The van der Waals surface area contributed by atoms with Crippen LogP contribution < -0.4 is 5.32 Å².